The van der Waals surface area contributed by atoms with Gasteiger partial charge in [-0.05, 0) is 45.4 Å². The highest BCUT2D eigenvalue weighted by Crippen LogP contribution is 2.31. The molecule has 36 heavy (non-hydrogen) atoms. The van der Waals surface area contributed by atoms with Crippen LogP contribution < -0.4 is 9.64 Å². The molecule has 3 aromatic rings. The molecule has 1 aliphatic rings. The number of aliphatic hydroxyl groups is 1. The zero-order valence-electron chi connectivity index (χ0n) is 21.1. The Balaban J connectivity index is 1.53. The Bertz CT molecular complexity index is 1250. The molecule has 0 saturated carbocycles. The van der Waals surface area contributed by atoms with E-state index in [1.165, 1.54) is 6.20 Å². The molecule has 4 rings (SSSR count). The molecule has 0 spiro atoms. The number of amides is 1. The van der Waals surface area contributed by atoms with Gasteiger partial charge in [0.05, 0.1) is 29.6 Å². The molecule has 1 amide bonds. The lowest BCUT2D eigenvalue weighted by Gasteiger charge is -2.36. The molecule has 4 heterocycles. The van der Waals surface area contributed by atoms with E-state index in [1.807, 2.05) is 45.9 Å². The lowest BCUT2D eigenvalue weighted by molar-refractivity contribution is 0.0240. The molecule has 0 bridgehead atoms. The van der Waals surface area contributed by atoms with Gasteiger partial charge in [-0.1, -0.05) is 6.92 Å². The van der Waals surface area contributed by atoms with Crippen LogP contribution in [0.5, 0.6) is 5.75 Å². The Hall–Kier alpha value is -3.84. The number of ether oxygens (including phenoxy) is 2. The number of carbonyl (C=O) groups excluding carboxylic acids is 1. The molecule has 10 heteroatoms. The average molecular weight is 493 g/mol. The molecule has 1 aliphatic heterocycles. The van der Waals surface area contributed by atoms with Crippen molar-refractivity contribution in [3.05, 3.63) is 42.4 Å². The summed E-state index contributed by atoms with van der Waals surface area (Å²) < 4.78 is 12.9. The van der Waals surface area contributed by atoms with Crippen molar-refractivity contribution >= 4 is 17.4 Å². The third-order valence-electron chi connectivity index (χ3n) is 5.94. The van der Waals surface area contributed by atoms with Crippen LogP contribution >= 0.6 is 0 Å². The fourth-order valence-corrected chi connectivity index (χ4v) is 3.97. The molecule has 1 atom stereocenters. The van der Waals surface area contributed by atoms with E-state index in [-0.39, 0.29) is 12.7 Å². The van der Waals surface area contributed by atoms with Gasteiger partial charge in [0.1, 0.15) is 29.8 Å². The van der Waals surface area contributed by atoms with Crippen molar-refractivity contribution in [3.8, 4) is 22.9 Å². The number of nitriles is 1. The second kappa shape index (κ2) is 10.4. The van der Waals surface area contributed by atoms with E-state index in [0.717, 1.165) is 16.9 Å². The van der Waals surface area contributed by atoms with Crippen molar-refractivity contribution in [1.82, 2.24) is 19.5 Å². The lowest BCUT2D eigenvalue weighted by atomic mass is 10.1. The summed E-state index contributed by atoms with van der Waals surface area (Å²) in [5, 5.41) is 23.8. The van der Waals surface area contributed by atoms with Crippen molar-refractivity contribution in [1.29, 1.82) is 5.26 Å². The monoisotopic (exact) mass is 492 g/mol. The Kier molecular flexibility index (Phi) is 7.31. The van der Waals surface area contributed by atoms with Gasteiger partial charge < -0.3 is 24.4 Å². The van der Waals surface area contributed by atoms with E-state index in [2.05, 4.69) is 21.1 Å². The summed E-state index contributed by atoms with van der Waals surface area (Å²) in [6, 6.07) is 7.93. The molecule has 0 aromatic carbocycles. The van der Waals surface area contributed by atoms with Crippen LogP contribution in [0.4, 0.5) is 10.6 Å². The van der Waals surface area contributed by atoms with Crippen LogP contribution in [-0.2, 0) is 4.74 Å². The minimum absolute atomic E-state index is 0.167. The number of fused-ring (bicyclic) bond motifs is 1. The highest BCUT2D eigenvalue weighted by Gasteiger charge is 2.26. The standard InChI is InChI=1S/C26H32N6O4/c1-5-20(33)17-35-21-12-22(24-19(13-27)15-29-32(24)16-21)18-6-7-23(28-14-18)30-8-10-31(11-9-30)25(34)36-26(2,3)4/h6-7,12,14-16,20,33H,5,8-11,17H2,1-4H3/t20-/m1/s1. The van der Waals surface area contributed by atoms with Gasteiger partial charge in [0, 0.05) is 43.5 Å². The molecule has 190 valence electrons. The van der Waals surface area contributed by atoms with E-state index in [1.54, 1.807) is 21.8 Å². The first-order valence-corrected chi connectivity index (χ1v) is 12.1. The molecule has 1 N–H and O–H groups in total. The number of carbonyl (C=O) groups is 1. The quantitative estimate of drug-likeness (QED) is 0.556. The number of rotatable bonds is 6. The predicted octanol–water partition coefficient (Wildman–Crippen LogP) is 3.47. The molecule has 0 aliphatic carbocycles. The molecule has 1 fully saturated rings. The Morgan fingerprint density at radius 2 is 1.97 bits per heavy atom. The third kappa shape index (κ3) is 5.69. The van der Waals surface area contributed by atoms with Crippen LogP contribution in [0.25, 0.3) is 16.6 Å². The van der Waals surface area contributed by atoms with Crippen LogP contribution in [0.2, 0.25) is 0 Å². The van der Waals surface area contributed by atoms with E-state index in [0.29, 0.717) is 49.4 Å². The largest absolute Gasteiger partial charge is 0.489 e. The minimum atomic E-state index is -0.562. The van der Waals surface area contributed by atoms with Crippen LogP contribution in [0, 0.1) is 11.3 Å². The molecule has 10 nitrogen and oxygen atoms in total. The van der Waals surface area contributed by atoms with Gasteiger partial charge in [0.25, 0.3) is 0 Å². The number of pyridine rings is 2. The maximum Gasteiger partial charge on any atom is 0.410 e. The average Bonchev–Trinajstić information content (AvgIpc) is 3.29. The maximum absolute atomic E-state index is 12.3. The molecular formula is C26H32N6O4. The van der Waals surface area contributed by atoms with E-state index in [9.17, 15) is 15.2 Å². The van der Waals surface area contributed by atoms with Crippen molar-refractivity contribution in [3.63, 3.8) is 0 Å². The second-order valence-electron chi connectivity index (χ2n) is 9.79. The van der Waals surface area contributed by atoms with E-state index >= 15 is 0 Å². The van der Waals surface area contributed by atoms with Gasteiger partial charge in [-0.25, -0.2) is 14.3 Å². The van der Waals surface area contributed by atoms with Crippen molar-refractivity contribution in [2.45, 2.75) is 45.8 Å². The Morgan fingerprint density at radius 3 is 2.58 bits per heavy atom. The van der Waals surface area contributed by atoms with Crippen LogP contribution in [0.1, 0.15) is 39.7 Å². The zero-order chi connectivity index (χ0) is 25.9. The molecule has 0 unspecified atom stereocenters. The minimum Gasteiger partial charge on any atom is -0.489 e. The zero-order valence-corrected chi connectivity index (χ0v) is 21.1. The highest BCUT2D eigenvalue weighted by molar-refractivity contribution is 5.85. The van der Waals surface area contributed by atoms with E-state index in [4.69, 9.17) is 9.47 Å². The van der Waals surface area contributed by atoms with Gasteiger partial charge in [-0.2, -0.15) is 10.4 Å². The molecular weight excluding hydrogens is 460 g/mol. The van der Waals surface area contributed by atoms with Crippen molar-refractivity contribution in [2.75, 3.05) is 37.7 Å². The summed E-state index contributed by atoms with van der Waals surface area (Å²) in [6.07, 6.45) is 4.73. The van der Waals surface area contributed by atoms with Gasteiger partial charge >= 0.3 is 6.09 Å². The number of nitrogens with zero attached hydrogens (tertiary/aromatic N) is 6. The molecule has 0 radical (unpaired) electrons. The van der Waals surface area contributed by atoms with E-state index < -0.39 is 11.7 Å². The second-order valence-corrected chi connectivity index (χ2v) is 9.79. The van der Waals surface area contributed by atoms with Gasteiger partial charge in [-0.3, -0.25) is 0 Å². The molecule has 1 saturated heterocycles. The lowest BCUT2D eigenvalue weighted by Crippen LogP contribution is -2.50. The molecule has 3 aromatic heterocycles. The van der Waals surface area contributed by atoms with Crippen LogP contribution in [0.3, 0.4) is 0 Å². The first-order valence-electron chi connectivity index (χ1n) is 12.1. The van der Waals surface area contributed by atoms with Crippen LogP contribution in [0.15, 0.2) is 36.8 Å². The van der Waals surface area contributed by atoms with Crippen molar-refractivity contribution in [2.24, 2.45) is 0 Å². The number of piperazine rings is 1. The number of hydrogen-bond donors (Lipinski definition) is 1. The summed E-state index contributed by atoms with van der Waals surface area (Å²) >= 11 is 0. The van der Waals surface area contributed by atoms with Crippen molar-refractivity contribution < 1.29 is 19.4 Å². The number of hydrogen-bond acceptors (Lipinski definition) is 8. The summed E-state index contributed by atoms with van der Waals surface area (Å²) in [5.74, 6) is 1.35. The van der Waals surface area contributed by atoms with Gasteiger partial charge in [0.15, 0.2) is 0 Å². The number of aliphatic hydroxyl groups excluding tert-OH is 1. The summed E-state index contributed by atoms with van der Waals surface area (Å²) in [4.78, 5) is 20.9. The highest BCUT2D eigenvalue weighted by atomic mass is 16.6. The topological polar surface area (TPSA) is 116 Å². The van der Waals surface area contributed by atoms with Gasteiger partial charge in [0.2, 0.25) is 0 Å². The summed E-state index contributed by atoms with van der Waals surface area (Å²) in [7, 11) is 0. The van der Waals surface area contributed by atoms with Crippen LogP contribution in [-0.4, -0.2) is 75.2 Å². The predicted molar refractivity (Wildman–Crippen MR) is 135 cm³/mol. The normalized spacial score (nSPS) is 15.0. The Labute approximate surface area is 210 Å². The smallest absolute Gasteiger partial charge is 0.410 e. The first-order chi connectivity index (χ1) is 17.2. The fraction of sp³-hybridized carbons (Fsp3) is 0.462. The SMILES string of the molecule is CC[C@@H](O)COc1cc(-c2ccc(N3CCN(C(=O)OC(C)(C)C)CC3)nc2)c2c(C#N)cnn2c1. The summed E-state index contributed by atoms with van der Waals surface area (Å²) in [5.41, 5.74) is 2.18. The first kappa shape index (κ1) is 25.3. The maximum atomic E-state index is 12.3. The summed E-state index contributed by atoms with van der Waals surface area (Å²) in [6.45, 7) is 10.1. The number of anilines is 1. The van der Waals surface area contributed by atoms with Gasteiger partial charge in [-0.15, -0.1) is 0 Å². The Morgan fingerprint density at radius 1 is 1.22 bits per heavy atom. The fourth-order valence-electron chi connectivity index (χ4n) is 3.97. The third-order valence-corrected chi connectivity index (χ3v) is 5.94. The number of aromatic nitrogens is 3.